The minimum atomic E-state index is -0.588. The Morgan fingerprint density at radius 2 is 1.57 bits per heavy atom. The molecular formula is C10H11NO3. The standard InChI is InChI=1S/C10H11NO3/c1-9-3-4-10(2,14-9)6-5(9)7(12)11-8(6)13/h3-6H,1-2H3,(H,11,12,13)/t5-,6+,9-,10+. The summed E-state index contributed by atoms with van der Waals surface area (Å²) in [5.74, 6) is -1.08. The van der Waals surface area contributed by atoms with Gasteiger partial charge >= 0.3 is 0 Å². The molecule has 0 aromatic rings. The highest BCUT2D eigenvalue weighted by Crippen LogP contribution is 2.55. The fourth-order valence-corrected chi connectivity index (χ4v) is 2.97. The number of amides is 2. The molecule has 4 atom stereocenters. The number of ether oxygens (including phenoxy) is 1. The lowest BCUT2D eigenvalue weighted by Gasteiger charge is -2.22. The molecule has 1 N–H and O–H groups in total. The number of fused-ring (bicyclic) bond motifs is 5. The average Bonchev–Trinajstić information content (AvgIpc) is 2.60. The Morgan fingerprint density at radius 3 is 2.00 bits per heavy atom. The van der Waals surface area contributed by atoms with Crippen LogP contribution < -0.4 is 5.32 Å². The number of nitrogens with one attached hydrogen (secondary N) is 1. The second-order valence-electron chi connectivity index (χ2n) is 4.61. The number of carbonyl (C=O) groups is 2. The summed E-state index contributed by atoms with van der Waals surface area (Å²) in [4.78, 5) is 23.1. The van der Waals surface area contributed by atoms with E-state index in [9.17, 15) is 9.59 Å². The number of hydrogen-bond acceptors (Lipinski definition) is 3. The highest BCUT2D eigenvalue weighted by atomic mass is 16.5. The Balaban J connectivity index is 2.18. The van der Waals surface area contributed by atoms with Crippen LogP contribution in [0.4, 0.5) is 0 Å². The predicted octanol–water partition coefficient (Wildman–Crippen LogP) is -0.00740. The van der Waals surface area contributed by atoms with Gasteiger partial charge in [0.15, 0.2) is 0 Å². The van der Waals surface area contributed by atoms with E-state index in [-0.39, 0.29) is 23.7 Å². The third-order valence-electron chi connectivity index (χ3n) is 3.56. The summed E-state index contributed by atoms with van der Waals surface area (Å²) in [6.45, 7) is 3.72. The lowest BCUT2D eigenvalue weighted by molar-refractivity contribution is -0.132. The SMILES string of the molecule is C[C@]12C=C[C@](C)(O1)[C@@H]1C(=O)NC(=O)[C@@H]12. The lowest BCUT2D eigenvalue weighted by Crippen LogP contribution is -2.36. The van der Waals surface area contributed by atoms with Crippen LogP contribution >= 0.6 is 0 Å². The normalized spacial score (nSPS) is 53.9. The van der Waals surface area contributed by atoms with Crippen molar-refractivity contribution < 1.29 is 14.3 Å². The van der Waals surface area contributed by atoms with Gasteiger partial charge in [0.05, 0.1) is 23.0 Å². The van der Waals surface area contributed by atoms with E-state index in [1.54, 1.807) is 0 Å². The van der Waals surface area contributed by atoms with Gasteiger partial charge in [-0.05, 0) is 13.8 Å². The van der Waals surface area contributed by atoms with Crippen molar-refractivity contribution in [2.24, 2.45) is 11.8 Å². The van der Waals surface area contributed by atoms with Crippen LogP contribution in [0.3, 0.4) is 0 Å². The molecule has 3 aliphatic rings. The van der Waals surface area contributed by atoms with Gasteiger partial charge in [-0.15, -0.1) is 0 Å². The summed E-state index contributed by atoms with van der Waals surface area (Å²) in [6, 6.07) is 0. The van der Waals surface area contributed by atoms with Crippen molar-refractivity contribution in [1.82, 2.24) is 5.32 Å². The van der Waals surface area contributed by atoms with Gasteiger partial charge in [-0.2, -0.15) is 0 Å². The summed E-state index contributed by atoms with van der Waals surface area (Å²) < 4.78 is 5.76. The Bertz CT molecular complexity index is 355. The van der Waals surface area contributed by atoms with Gasteiger partial charge in [-0.25, -0.2) is 0 Å². The van der Waals surface area contributed by atoms with Crippen LogP contribution in [0.25, 0.3) is 0 Å². The van der Waals surface area contributed by atoms with Gasteiger partial charge in [-0.3, -0.25) is 14.9 Å². The molecule has 74 valence electrons. The Kier molecular flexibility index (Phi) is 1.13. The van der Waals surface area contributed by atoms with Crippen LogP contribution in [0.1, 0.15) is 13.8 Å². The minimum Gasteiger partial charge on any atom is -0.359 e. The molecule has 2 amide bonds. The van der Waals surface area contributed by atoms with Gasteiger partial charge < -0.3 is 4.74 Å². The van der Waals surface area contributed by atoms with Gasteiger partial charge in [-0.1, -0.05) is 12.2 Å². The Labute approximate surface area is 81.3 Å². The van der Waals surface area contributed by atoms with E-state index in [1.807, 2.05) is 26.0 Å². The molecule has 0 aromatic carbocycles. The molecule has 4 heteroatoms. The molecule has 0 spiro atoms. The average molecular weight is 193 g/mol. The molecule has 0 saturated carbocycles. The van der Waals surface area contributed by atoms with Crippen molar-refractivity contribution in [2.45, 2.75) is 25.0 Å². The quantitative estimate of drug-likeness (QED) is 0.435. The van der Waals surface area contributed by atoms with Crippen LogP contribution in [0.2, 0.25) is 0 Å². The van der Waals surface area contributed by atoms with Crippen molar-refractivity contribution in [2.75, 3.05) is 0 Å². The van der Waals surface area contributed by atoms with E-state index < -0.39 is 11.2 Å². The Morgan fingerprint density at radius 1 is 1.14 bits per heavy atom. The van der Waals surface area contributed by atoms with E-state index in [2.05, 4.69) is 5.32 Å². The third-order valence-corrected chi connectivity index (χ3v) is 3.56. The van der Waals surface area contributed by atoms with Crippen molar-refractivity contribution in [1.29, 1.82) is 0 Å². The first-order valence-corrected chi connectivity index (χ1v) is 4.72. The number of rotatable bonds is 0. The monoisotopic (exact) mass is 193 g/mol. The maximum absolute atomic E-state index is 11.6. The highest BCUT2D eigenvalue weighted by Gasteiger charge is 2.68. The van der Waals surface area contributed by atoms with E-state index in [4.69, 9.17) is 4.74 Å². The van der Waals surface area contributed by atoms with E-state index in [0.29, 0.717) is 0 Å². The maximum Gasteiger partial charge on any atom is 0.233 e. The van der Waals surface area contributed by atoms with E-state index in [1.165, 1.54) is 0 Å². The van der Waals surface area contributed by atoms with Gasteiger partial charge in [0, 0.05) is 0 Å². The van der Waals surface area contributed by atoms with Crippen molar-refractivity contribution in [3.63, 3.8) is 0 Å². The lowest BCUT2D eigenvalue weighted by atomic mass is 9.73. The molecule has 0 aromatic heterocycles. The molecule has 0 aliphatic carbocycles. The fraction of sp³-hybridized carbons (Fsp3) is 0.600. The van der Waals surface area contributed by atoms with E-state index in [0.717, 1.165) is 0 Å². The first-order chi connectivity index (χ1) is 6.46. The van der Waals surface area contributed by atoms with Crippen LogP contribution in [0, 0.1) is 11.8 Å². The molecule has 0 unspecified atom stereocenters. The van der Waals surface area contributed by atoms with Crippen molar-refractivity contribution in [3.8, 4) is 0 Å². The molecule has 0 radical (unpaired) electrons. The van der Waals surface area contributed by atoms with Crippen molar-refractivity contribution in [3.05, 3.63) is 12.2 Å². The van der Waals surface area contributed by atoms with E-state index >= 15 is 0 Å². The topological polar surface area (TPSA) is 55.4 Å². The molecule has 3 rings (SSSR count). The molecular weight excluding hydrogens is 182 g/mol. The molecule has 2 saturated heterocycles. The summed E-state index contributed by atoms with van der Waals surface area (Å²) in [5, 5.41) is 2.37. The summed E-state index contributed by atoms with van der Waals surface area (Å²) in [5.41, 5.74) is -1.18. The molecule has 2 bridgehead atoms. The highest BCUT2D eigenvalue weighted by molar-refractivity contribution is 6.07. The largest absolute Gasteiger partial charge is 0.359 e. The second kappa shape index (κ2) is 1.93. The Hall–Kier alpha value is -1.16. The predicted molar refractivity (Wildman–Crippen MR) is 47.2 cm³/mol. The van der Waals surface area contributed by atoms with Gasteiger partial charge in [0.2, 0.25) is 11.8 Å². The van der Waals surface area contributed by atoms with Crippen LogP contribution in [0.15, 0.2) is 12.2 Å². The summed E-state index contributed by atoms with van der Waals surface area (Å²) in [6.07, 6.45) is 3.79. The van der Waals surface area contributed by atoms with Crippen LogP contribution in [0.5, 0.6) is 0 Å². The maximum atomic E-state index is 11.6. The summed E-state index contributed by atoms with van der Waals surface area (Å²) >= 11 is 0. The number of carbonyl (C=O) groups excluding carboxylic acids is 2. The van der Waals surface area contributed by atoms with Crippen LogP contribution in [-0.4, -0.2) is 23.0 Å². The van der Waals surface area contributed by atoms with Crippen molar-refractivity contribution >= 4 is 11.8 Å². The minimum absolute atomic E-state index is 0.199. The van der Waals surface area contributed by atoms with Gasteiger partial charge in [0.1, 0.15) is 0 Å². The van der Waals surface area contributed by atoms with Crippen LogP contribution in [-0.2, 0) is 14.3 Å². The molecule has 3 aliphatic heterocycles. The molecule has 14 heavy (non-hydrogen) atoms. The first kappa shape index (κ1) is 8.17. The molecule has 4 nitrogen and oxygen atoms in total. The zero-order chi connectivity index (χ0) is 10.1. The smallest absolute Gasteiger partial charge is 0.233 e. The zero-order valence-electron chi connectivity index (χ0n) is 8.03. The van der Waals surface area contributed by atoms with Gasteiger partial charge in [0.25, 0.3) is 0 Å². The summed E-state index contributed by atoms with van der Waals surface area (Å²) in [7, 11) is 0. The number of hydrogen-bond donors (Lipinski definition) is 1. The molecule has 3 heterocycles. The third kappa shape index (κ3) is 0.661. The number of imide groups is 1. The fourth-order valence-electron chi connectivity index (χ4n) is 2.97. The molecule has 2 fully saturated rings. The second-order valence-corrected chi connectivity index (χ2v) is 4.61. The zero-order valence-corrected chi connectivity index (χ0v) is 8.03. The first-order valence-electron chi connectivity index (χ1n) is 4.72.